The van der Waals surface area contributed by atoms with E-state index in [2.05, 4.69) is 10.5 Å². The molecule has 0 fully saturated rings. The predicted octanol–water partition coefficient (Wildman–Crippen LogP) is 5.41. The van der Waals surface area contributed by atoms with Gasteiger partial charge in [0.05, 0.1) is 17.5 Å². The molecule has 1 aromatic heterocycles. The molecule has 6 heteroatoms. The first-order valence-corrected chi connectivity index (χ1v) is 7.14. The van der Waals surface area contributed by atoms with Gasteiger partial charge in [-0.15, -0.1) is 0 Å². The number of hydrogen-bond donors (Lipinski definition) is 1. The van der Waals surface area contributed by atoms with Gasteiger partial charge in [0, 0.05) is 5.56 Å². The molecular weight excluding hydrogens is 317 g/mol. The Balaban J connectivity index is 1.79. The van der Waals surface area contributed by atoms with Crippen molar-refractivity contribution in [2.24, 2.45) is 5.10 Å². The summed E-state index contributed by atoms with van der Waals surface area (Å²) in [4.78, 5) is 0. The van der Waals surface area contributed by atoms with Crippen molar-refractivity contribution >= 4 is 11.9 Å². The predicted molar refractivity (Wildman–Crippen MR) is 86.8 cm³/mol. The molecule has 0 unspecified atom stereocenters. The molecule has 2 aromatic carbocycles. The van der Waals surface area contributed by atoms with E-state index in [9.17, 15) is 13.2 Å². The van der Waals surface area contributed by atoms with Crippen LogP contribution in [0, 0.1) is 0 Å². The number of hydrazone groups is 1. The van der Waals surface area contributed by atoms with Crippen molar-refractivity contribution in [2.45, 2.75) is 6.18 Å². The summed E-state index contributed by atoms with van der Waals surface area (Å²) in [5.74, 6) is 0.495. The summed E-state index contributed by atoms with van der Waals surface area (Å²) in [6, 6.07) is 17.6. The molecule has 122 valence electrons. The number of rotatable bonds is 4. The molecule has 0 aliphatic carbocycles. The number of nitrogens with one attached hydrogen (secondary N) is 1. The highest BCUT2D eigenvalue weighted by molar-refractivity contribution is 5.78. The lowest BCUT2D eigenvalue weighted by atomic mass is 10.1. The topological polar surface area (TPSA) is 37.5 Å². The van der Waals surface area contributed by atoms with Gasteiger partial charge >= 0.3 is 6.18 Å². The third kappa shape index (κ3) is 3.65. The van der Waals surface area contributed by atoms with Crippen LogP contribution in [0.5, 0.6) is 0 Å². The molecule has 0 atom stereocenters. The van der Waals surface area contributed by atoms with Gasteiger partial charge in [-0.05, 0) is 30.3 Å². The van der Waals surface area contributed by atoms with Gasteiger partial charge in [-0.2, -0.15) is 18.3 Å². The van der Waals surface area contributed by atoms with Crippen molar-refractivity contribution in [3.05, 3.63) is 78.1 Å². The Morgan fingerprint density at radius 1 is 0.875 bits per heavy atom. The second-order valence-corrected chi connectivity index (χ2v) is 4.98. The Bertz CT molecular complexity index is 839. The number of para-hydroxylation sites is 1. The number of benzene rings is 2. The number of anilines is 1. The minimum atomic E-state index is -4.44. The van der Waals surface area contributed by atoms with Crippen LogP contribution in [0.1, 0.15) is 11.3 Å². The first kappa shape index (κ1) is 15.9. The Labute approximate surface area is 136 Å². The van der Waals surface area contributed by atoms with Crippen LogP contribution in [-0.4, -0.2) is 6.21 Å². The zero-order chi connectivity index (χ0) is 17.0. The molecule has 0 aliphatic rings. The van der Waals surface area contributed by atoms with E-state index in [0.29, 0.717) is 5.76 Å². The zero-order valence-electron chi connectivity index (χ0n) is 12.4. The summed E-state index contributed by atoms with van der Waals surface area (Å²) in [6.07, 6.45) is -3.03. The molecule has 0 bridgehead atoms. The summed E-state index contributed by atoms with van der Waals surface area (Å²) in [7, 11) is 0. The smallest absolute Gasteiger partial charge is 0.417 e. The number of nitrogens with zero attached hydrogens (tertiary/aromatic N) is 1. The Hall–Kier alpha value is -3.02. The van der Waals surface area contributed by atoms with E-state index in [0.717, 1.165) is 11.8 Å². The maximum absolute atomic E-state index is 13.1. The molecule has 0 saturated heterocycles. The van der Waals surface area contributed by atoms with Crippen LogP contribution in [0.15, 0.2) is 76.2 Å². The van der Waals surface area contributed by atoms with Gasteiger partial charge in [-0.1, -0.05) is 36.4 Å². The fourth-order valence-electron chi connectivity index (χ4n) is 2.20. The lowest BCUT2D eigenvalue weighted by Crippen LogP contribution is -2.06. The molecule has 3 aromatic rings. The van der Waals surface area contributed by atoms with Crippen LogP contribution >= 0.6 is 0 Å². The monoisotopic (exact) mass is 330 g/mol. The summed E-state index contributed by atoms with van der Waals surface area (Å²) in [5.41, 5.74) is 2.87. The van der Waals surface area contributed by atoms with Crippen LogP contribution in [0.4, 0.5) is 18.9 Å². The first-order chi connectivity index (χ1) is 11.5. The van der Waals surface area contributed by atoms with E-state index in [1.807, 2.05) is 30.3 Å². The molecule has 0 saturated carbocycles. The van der Waals surface area contributed by atoms with Gasteiger partial charge < -0.3 is 4.42 Å². The zero-order valence-corrected chi connectivity index (χ0v) is 12.4. The van der Waals surface area contributed by atoms with Crippen LogP contribution in [0.2, 0.25) is 0 Å². The number of hydrogen-bond acceptors (Lipinski definition) is 3. The average Bonchev–Trinajstić information content (AvgIpc) is 3.04. The summed E-state index contributed by atoms with van der Waals surface area (Å²) in [5, 5.41) is 4.00. The SMILES string of the molecule is FC(F)(F)c1ccccc1-c1ccc(/C=N\Nc2ccccc2)o1. The molecule has 0 spiro atoms. The first-order valence-electron chi connectivity index (χ1n) is 7.14. The van der Waals surface area contributed by atoms with Crippen LogP contribution in [0.3, 0.4) is 0 Å². The molecule has 24 heavy (non-hydrogen) atoms. The Morgan fingerprint density at radius 2 is 1.58 bits per heavy atom. The average molecular weight is 330 g/mol. The molecule has 3 rings (SSSR count). The van der Waals surface area contributed by atoms with E-state index in [1.165, 1.54) is 30.5 Å². The van der Waals surface area contributed by atoms with E-state index < -0.39 is 11.7 Å². The Kier molecular flexibility index (Phi) is 4.37. The quantitative estimate of drug-likeness (QED) is 0.513. The highest BCUT2D eigenvalue weighted by Crippen LogP contribution is 2.37. The van der Waals surface area contributed by atoms with Crippen LogP contribution in [0.25, 0.3) is 11.3 Å². The van der Waals surface area contributed by atoms with Crippen LogP contribution in [-0.2, 0) is 6.18 Å². The van der Waals surface area contributed by atoms with Gasteiger partial charge in [0.25, 0.3) is 0 Å². The molecule has 0 amide bonds. The highest BCUT2D eigenvalue weighted by atomic mass is 19.4. The van der Waals surface area contributed by atoms with Gasteiger partial charge in [-0.25, -0.2) is 0 Å². The minimum absolute atomic E-state index is 0.000619. The number of alkyl halides is 3. The van der Waals surface area contributed by atoms with E-state index in [-0.39, 0.29) is 11.3 Å². The summed E-state index contributed by atoms with van der Waals surface area (Å²) >= 11 is 0. The molecular formula is C18H13F3N2O. The molecule has 0 aliphatic heterocycles. The van der Waals surface area contributed by atoms with Gasteiger partial charge in [0.1, 0.15) is 11.5 Å². The van der Waals surface area contributed by atoms with Crippen molar-refractivity contribution in [2.75, 3.05) is 5.43 Å². The second kappa shape index (κ2) is 6.62. The fraction of sp³-hybridized carbons (Fsp3) is 0.0556. The van der Waals surface area contributed by atoms with Gasteiger partial charge in [-0.3, -0.25) is 5.43 Å². The maximum Gasteiger partial charge on any atom is 0.417 e. The fourth-order valence-corrected chi connectivity index (χ4v) is 2.20. The van der Waals surface area contributed by atoms with Gasteiger partial charge in [0.2, 0.25) is 0 Å². The normalized spacial score (nSPS) is 11.8. The maximum atomic E-state index is 13.1. The Morgan fingerprint density at radius 3 is 2.33 bits per heavy atom. The molecule has 0 radical (unpaired) electrons. The highest BCUT2D eigenvalue weighted by Gasteiger charge is 2.34. The molecule has 3 nitrogen and oxygen atoms in total. The van der Waals surface area contributed by atoms with Crippen molar-refractivity contribution in [3.8, 4) is 11.3 Å². The number of halogens is 3. The van der Waals surface area contributed by atoms with E-state index >= 15 is 0 Å². The number of furan rings is 1. The second-order valence-electron chi connectivity index (χ2n) is 4.98. The standard InChI is InChI=1S/C18H13F3N2O/c19-18(20,21)16-9-5-4-8-15(16)17-11-10-14(24-17)12-22-23-13-6-2-1-3-7-13/h1-12,23H/b22-12-. The van der Waals surface area contributed by atoms with E-state index in [4.69, 9.17) is 4.42 Å². The third-order valence-corrected chi connectivity index (χ3v) is 3.28. The van der Waals surface area contributed by atoms with Crippen molar-refractivity contribution < 1.29 is 17.6 Å². The van der Waals surface area contributed by atoms with Crippen molar-refractivity contribution in [1.82, 2.24) is 0 Å². The molecule has 1 N–H and O–H groups in total. The van der Waals surface area contributed by atoms with Crippen molar-refractivity contribution in [3.63, 3.8) is 0 Å². The lowest BCUT2D eigenvalue weighted by molar-refractivity contribution is -0.137. The minimum Gasteiger partial charge on any atom is -0.455 e. The molecule has 1 heterocycles. The third-order valence-electron chi connectivity index (χ3n) is 3.28. The summed E-state index contributed by atoms with van der Waals surface area (Å²) in [6.45, 7) is 0. The lowest BCUT2D eigenvalue weighted by Gasteiger charge is -2.10. The van der Waals surface area contributed by atoms with Crippen LogP contribution < -0.4 is 5.43 Å². The van der Waals surface area contributed by atoms with E-state index in [1.54, 1.807) is 6.07 Å². The summed E-state index contributed by atoms with van der Waals surface area (Å²) < 4.78 is 44.6. The van der Waals surface area contributed by atoms with Gasteiger partial charge in [0.15, 0.2) is 0 Å². The van der Waals surface area contributed by atoms with Crippen molar-refractivity contribution in [1.29, 1.82) is 0 Å². The largest absolute Gasteiger partial charge is 0.455 e.